The van der Waals surface area contributed by atoms with E-state index in [0.29, 0.717) is 23.2 Å². The van der Waals surface area contributed by atoms with Gasteiger partial charge < -0.3 is 9.15 Å². The van der Waals surface area contributed by atoms with E-state index in [1.807, 2.05) is 55.5 Å². The third-order valence-electron chi connectivity index (χ3n) is 5.56. The fourth-order valence-electron chi connectivity index (χ4n) is 3.90. The van der Waals surface area contributed by atoms with E-state index in [4.69, 9.17) is 14.1 Å². The van der Waals surface area contributed by atoms with E-state index >= 15 is 0 Å². The van der Waals surface area contributed by atoms with Crippen molar-refractivity contribution >= 4 is 43.4 Å². The average molecular weight is 443 g/mol. The van der Waals surface area contributed by atoms with Crippen molar-refractivity contribution < 1.29 is 13.9 Å². The van der Waals surface area contributed by atoms with Crippen LogP contribution in [-0.2, 0) is 17.8 Å². The number of fused-ring (bicyclic) bond motifs is 2. The number of thiazole rings is 1. The number of amides is 1. The summed E-state index contributed by atoms with van der Waals surface area (Å²) in [4.78, 5) is 20.1. The van der Waals surface area contributed by atoms with Gasteiger partial charge >= 0.3 is 0 Å². The Labute approximate surface area is 189 Å². The molecule has 3 aromatic carbocycles. The molecule has 2 heterocycles. The van der Waals surface area contributed by atoms with Gasteiger partial charge in [0.1, 0.15) is 17.0 Å². The van der Waals surface area contributed by atoms with Crippen molar-refractivity contribution in [2.45, 2.75) is 19.9 Å². The quantitative estimate of drug-likeness (QED) is 0.317. The van der Waals surface area contributed by atoms with Gasteiger partial charge in [-0.3, -0.25) is 9.69 Å². The summed E-state index contributed by atoms with van der Waals surface area (Å²) in [5.41, 5.74) is 2.87. The van der Waals surface area contributed by atoms with Gasteiger partial charge in [0.05, 0.1) is 31.0 Å². The Morgan fingerprint density at radius 3 is 2.72 bits per heavy atom. The first-order chi connectivity index (χ1) is 15.6. The van der Waals surface area contributed by atoms with Crippen molar-refractivity contribution in [2.24, 2.45) is 0 Å². The second kappa shape index (κ2) is 8.48. The van der Waals surface area contributed by atoms with Gasteiger partial charge in [0, 0.05) is 0 Å². The minimum absolute atomic E-state index is 0.0339. The Bertz CT molecular complexity index is 1400. The van der Waals surface area contributed by atoms with Crippen LogP contribution in [-0.4, -0.2) is 18.0 Å². The summed E-state index contributed by atoms with van der Waals surface area (Å²) < 4.78 is 12.1. The van der Waals surface area contributed by atoms with Crippen LogP contribution in [0.25, 0.3) is 21.0 Å². The van der Waals surface area contributed by atoms with Gasteiger partial charge in [-0.15, -0.1) is 0 Å². The number of nitrogens with zero attached hydrogens (tertiary/aromatic N) is 2. The normalized spacial score (nSPS) is 11.2. The summed E-state index contributed by atoms with van der Waals surface area (Å²) in [6.45, 7) is 2.36. The molecule has 0 unspecified atom stereocenters. The van der Waals surface area contributed by atoms with Crippen LogP contribution in [0.2, 0.25) is 0 Å². The lowest BCUT2D eigenvalue weighted by Gasteiger charge is -2.19. The van der Waals surface area contributed by atoms with E-state index in [9.17, 15) is 4.79 Å². The molecule has 0 atom stereocenters. The highest BCUT2D eigenvalue weighted by molar-refractivity contribution is 7.22. The number of carbonyl (C=O) groups is 1. The van der Waals surface area contributed by atoms with Crippen LogP contribution in [0, 0.1) is 6.92 Å². The van der Waals surface area contributed by atoms with Gasteiger partial charge in [-0.2, -0.15) is 0 Å². The number of methoxy groups -OCH3 is 1. The van der Waals surface area contributed by atoms with Crippen molar-refractivity contribution in [3.63, 3.8) is 0 Å². The topological polar surface area (TPSA) is 55.6 Å². The van der Waals surface area contributed by atoms with Crippen LogP contribution in [0.3, 0.4) is 0 Å². The van der Waals surface area contributed by atoms with Crippen LogP contribution >= 0.6 is 11.3 Å². The molecule has 5 aromatic rings. The molecule has 160 valence electrons. The number of benzene rings is 3. The van der Waals surface area contributed by atoms with E-state index in [2.05, 4.69) is 18.2 Å². The van der Waals surface area contributed by atoms with E-state index in [-0.39, 0.29) is 12.3 Å². The molecule has 5 nitrogen and oxygen atoms in total. The van der Waals surface area contributed by atoms with Gasteiger partial charge in [-0.1, -0.05) is 59.9 Å². The zero-order chi connectivity index (χ0) is 22.1. The van der Waals surface area contributed by atoms with Crippen LogP contribution in [0.15, 0.2) is 77.4 Å². The van der Waals surface area contributed by atoms with Crippen molar-refractivity contribution in [1.82, 2.24) is 4.98 Å². The molecule has 0 radical (unpaired) electrons. The number of furan rings is 1. The van der Waals surface area contributed by atoms with E-state index in [0.717, 1.165) is 32.1 Å². The molecule has 0 aliphatic carbocycles. The summed E-state index contributed by atoms with van der Waals surface area (Å²) in [5, 5.41) is 2.84. The summed E-state index contributed by atoms with van der Waals surface area (Å²) in [7, 11) is 1.63. The molecule has 5 rings (SSSR count). The molecule has 6 heteroatoms. The van der Waals surface area contributed by atoms with Gasteiger partial charge in [-0.05, 0) is 47.0 Å². The first-order valence-electron chi connectivity index (χ1n) is 10.4. The SMILES string of the molecule is COc1ccc(C)c2sc(N(Cc3ccco3)C(=O)Cc3cccc4ccccc34)nc12. The number of aromatic nitrogens is 1. The maximum atomic E-state index is 13.6. The zero-order valence-corrected chi connectivity index (χ0v) is 18.7. The molecule has 2 aromatic heterocycles. The van der Waals surface area contributed by atoms with Crippen LogP contribution in [0.5, 0.6) is 5.75 Å². The predicted octanol–water partition coefficient (Wildman–Crippen LogP) is 6.14. The third-order valence-corrected chi connectivity index (χ3v) is 6.77. The number of hydrogen-bond acceptors (Lipinski definition) is 5. The molecule has 0 spiro atoms. The van der Waals surface area contributed by atoms with Crippen molar-refractivity contribution in [3.05, 3.63) is 89.9 Å². The molecule has 0 N–H and O–H groups in total. The highest BCUT2D eigenvalue weighted by atomic mass is 32.1. The standard InChI is InChI=1S/C26H22N2O3S/c1-17-12-13-22(30-2)24-25(17)32-26(27-24)28(16-20-10-6-14-31-20)23(29)15-19-9-5-8-18-7-3-4-11-21(18)19/h3-14H,15-16H2,1-2H3. The maximum Gasteiger partial charge on any atom is 0.233 e. The highest BCUT2D eigenvalue weighted by Crippen LogP contribution is 2.37. The number of aryl methyl sites for hydroxylation is 1. The molecule has 0 saturated carbocycles. The molecule has 0 aliphatic heterocycles. The lowest BCUT2D eigenvalue weighted by Crippen LogP contribution is -2.31. The van der Waals surface area contributed by atoms with E-state index in [1.54, 1.807) is 18.3 Å². The first kappa shape index (κ1) is 20.3. The van der Waals surface area contributed by atoms with Gasteiger partial charge in [0.15, 0.2) is 5.13 Å². The Morgan fingerprint density at radius 2 is 1.91 bits per heavy atom. The lowest BCUT2D eigenvalue weighted by molar-refractivity contribution is -0.118. The molecular formula is C26H22N2O3S. The summed E-state index contributed by atoms with van der Waals surface area (Å²) in [6, 6.07) is 21.8. The number of ether oxygens (including phenoxy) is 1. The Hall–Kier alpha value is -3.64. The van der Waals surface area contributed by atoms with E-state index < -0.39 is 0 Å². The number of rotatable bonds is 6. The van der Waals surface area contributed by atoms with Crippen LogP contribution in [0.4, 0.5) is 5.13 Å². The second-order valence-corrected chi connectivity index (χ2v) is 8.61. The Morgan fingerprint density at radius 1 is 1.06 bits per heavy atom. The summed E-state index contributed by atoms with van der Waals surface area (Å²) >= 11 is 1.50. The van der Waals surface area contributed by atoms with Crippen molar-refractivity contribution in [2.75, 3.05) is 12.0 Å². The first-order valence-corrected chi connectivity index (χ1v) is 11.2. The smallest absolute Gasteiger partial charge is 0.233 e. The largest absolute Gasteiger partial charge is 0.494 e. The zero-order valence-electron chi connectivity index (χ0n) is 17.9. The van der Waals surface area contributed by atoms with Crippen LogP contribution in [0.1, 0.15) is 16.9 Å². The minimum Gasteiger partial charge on any atom is -0.494 e. The Balaban J connectivity index is 1.56. The predicted molar refractivity (Wildman–Crippen MR) is 128 cm³/mol. The average Bonchev–Trinajstić information content (AvgIpc) is 3.48. The summed E-state index contributed by atoms with van der Waals surface area (Å²) in [6.07, 6.45) is 1.89. The second-order valence-electron chi connectivity index (χ2n) is 7.63. The maximum absolute atomic E-state index is 13.6. The van der Waals surface area contributed by atoms with Crippen LogP contribution < -0.4 is 9.64 Å². The molecular weight excluding hydrogens is 420 g/mol. The lowest BCUT2D eigenvalue weighted by atomic mass is 10.0. The number of anilines is 1. The third kappa shape index (κ3) is 3.74. The number of hydrogen-bond donors (Lipinski definition) is 0. The fraction of sp³-hybridized carbons (Fsp3) is 0.154. The highest BCUT2D eigenvalue weighted by Gasteiger charge is 2.23. The monoisotopic (exact) mass is 442 g/mol. The summed E-state index contributed by atoms with van der Waals surface area (Å²) in [5.74, 6) is 1.38. The van der Waals surface area contributed by atoms with Crippen molar-refractivity contribution in [1.29, 1.82) is 0 Å². The molecule has 0 bridgehead atoms. The molecule has 32 heavy (non-hydrogen) atoms. The molecule has 0 aliphatic rings. The molecule has 0 fully saturated rings. The van der Waals surface area contributed by atoms with Gasteiger partial charge in [0.2, 0.25) is 5.91 Å². The fourth-order valence-corrected chi connectivity index (χ4v) is 4.97. The minimum atomic E-state index is -0.0339. The van der Waals surface area contributed by atoms with Gasteiger partial charge in [-0.25, -0.2) is 4.98 Å². The molecule has 0 saturated heterocycles. The van der Waals surface area contributed by atoms with Gasteiger partial charge in [0.25, 0.3) is 0 Å². The Kier molecular flexibility index (Phi) is 5.37. The molecule has 1 amide bonds. The van der Waals surface area contributed by atoms with Crippen molar-refractivity contribution in [3.8, 4) is 5.75 Å². The van der Waals surface area contributed by atoms with E-state index in [1.165, 1.54) is 11.3 Å². The number of carbonyl (C=O) groups excluding carboxylic acids is 1.